The van der Waals surface area contributed by atoms with E-state index in [0.717, 1.165) is 104 Å². The van der Waals surface area contributed by atoms with E-state index in [9.17, 15) is 0 Å². The number of fused-ring (bicyclic) bond motifs is 13. The summed E-state index contributed by atoms with van der Waals surface area (Å²) < 4.78 is 17.6. The van der Waals surface area contributed by atoms with E-state index in [1.165, 1.54) is 10.8 Å². The Morgan fingerprint density at radius 1 is 0.339 bits per heavy atom. The smallest absolute Gasteiger partial charge is 0.238 e. The number of rotatable bonds is 4. The van der Waals surface area contributed by atoms with Gasteiger partial charge in [-0.3, -0.25) is 4.57 Å². The van der Waals surface area contributed by atoms with Gasteiger partial charge in [-0.2, -0.15) is 9.97 Å². The Morgan fingerprint density at radius 2 is 0.887 bits per heavy atom. The van der Waals surface area contributed by atoms with E-state index in [0.29, 0.717) is 17.6 Å². The molecule has 0 radical (unpaired) electrons. The monoisotopic (exact) mass is 793 g/mol. The van der Waals surface area contributed by atoms with Crippen LogP contribution in [0.3, 0.4) is 0 Å². The number of nitrogens with zero attached hydrogens (tertiary/aromatic N) is 5. The van der Waals surface area contributed by atoms with E-state index >= 15 is 0 Å². The lowest BCUT2D eigenvalue weighted by Crippen LogP contribution is -2.08. The molecule has 0 bridgehead atoms. The van der Waals surface area contributed by atoms with Crippen molar-refractivity contribution in [1.29, 1.82) is 0 Å². The number of hydrogen-bond acceptors (Lipinski definition) is 5. The SMILES string of the molecule is c1ccc2cc3c(cc2c1)c1ccccc1n3-c1ccc2oc3ccccc3c2c1-c1nc(-c2ccc3c(c2)oc2ccccc23)nc(-n2c3ccccc3c3ccccc32)n1. The predicted molar refractivity (Wildman–Crippen MR) is 251 cm³/mol. The topological polar surface area (TPSA) is 74.8 Å². The van der Waals surface area contributed by atoms with E-state index in [-0.39, 0.29) is 0 Å². The number of para-hydroxylation sites is 5. The quantitative estimate of drug-likeness (QED) is 0.177. The molecule has 0 aliphatic carbocycles. The molecule has 62 heavy (non-hydrogen) atoms. The first kappa shape index (κ1) is 33.3. The summed E-state index contributed by atoms with van der Waals surface area (Å²) in [6.07, 6.45) is 0. The fraction of sp³-hybridized carbons (Fsp3) is 0. The van der Waals surface area contributed by atoms with Crippen LogP contribution in [0, 0.1) is 0 Å². The Kier molecular flexibility index (Phi) is 6.71. The second-order valence-electron chi connectivity index (χ2n) is 16.0. The van der Waals surface area contributed by atoms with E-state index in [1.54, 1.807) is 0 Å². The first-order valence-electron chi connectivity index (χ1n) is 20.8. The van der Waals surface area contributed by atoms with Crippen LogP contribution in [-0.2, 0) is 0 Å². The molecule has 7 heteroatoms. The number of furan rings is 2. The predicted octanol–water partition coefficient (Wildman–Crippen LogP) is 14.4. The van der Waals surface area contributed by atoms with Gasteiger partial charge < -0.3 is 13.4 Å². The van der Waals surface area contributed by atoms with Crippen molar-refractivity contribution in [2.24, 2.45) is 0 Å². The molecular weight excluding hydrogens is 763 g/mol. The summed E-state index contributed by atoms with van der Waals surface area (Å²) in [5.74, 6) is 1.56. The van der Waals surface area contributed by atoms with Gasteiger partial charge >= 0.3 is 0 Å². The van der Waals surface area contributed by atoms with Crippen molar-refractivity contribution in [1.82, 2.24) is 24.1 Å². The van der Waals surface area contributed by atoms with Crippen molar-refractivity contribution in [3.8, 4) is 34.4 Å². The summed E-state index contributed by atoms with van der Waals surface area (Å²) in [6.45, 7) is 0. The standard InChI is InChI=1S/C55H31N5O2/c1-2-14-33-30-46-41(29-32(33)13-1)37-17-5-8-20-42(37)59(46)45-27-28-49-51(40-19-7-12-24-48(40)61-49)52(45)54-56-53(34-25-26-39-38-18-6-11-23-47(38)62-50(39)31-34)57-55(58-54)60-43-21-9-3-15-35(43)36-16-4-10-22-44(36)60/h1-31H. The number of benzene rings is 9. The highest BCUT2D eigenvalue weighted by molar-refractivity contribution is 6.18. The van der Waals surface area contributed by atoms with Crippen LogP contribution in [0.1, 0.15) is 0 Å². The summed E-state index contributed by atoms with van der Waals surface area (Å²) in [6, 6.07) is 65.6. The van der Waals surface area contributed by atoms with Crippen molar-refractivity contribution >= 4 is 98.3 Å². The zero-order chi connectivity index (χ0) is 40.5. The molecule has 14 rings (SSSR count). The molecule has 0 spiro atoms. The lowest BCUT2D eigenvalue weighted by molar-refractivity contribution is 0.668. The van der Waals surface area contributed by atoms with Crippen molar-refractivity contribution in [2.75, 3.05) is 0 Å². The lowest BCUT2D eigenvalue weighted by Gasteiger charge is -2.16. The maximum Gasteiger partial charge on any atom is 0.238 e. The van der Waals surface area contributed by atoms with Crippen LogP contribution in [-0.4, -0.2) is 24.1 Å². The third-order valence-electron chi connectivity index (χ3n) is 12.6. The Bertz CT molecular complexity index is 4130. The Hall–Kier alpha value is -8.55. The molecule has 0 aliphatic heterocycles. The molecule has 0 saturated heterocycles. The highest BCUT2D eigenvalue weighted by atomic mass is 16.3. The van der Waals surface area contributed by atoms with Crippen LogP contribution < -0.4 is 0 Å². The first-order valence-corrected chi connectivity index (χ1v) is 20.8. The van der Waals surface area contributed by atoms with Crippen LogP contribution in [0.25, 0.3) is 133 Å². The highest BCUT2D eigenvalue weighted by Crippen LogP contribution is 2.44. The molecule has 14 aromatic rings. The summed E-state index contributed by atoms with van der Waals surface area (Å²) in [7, 11) is 0. The van der Waals surface area contributed by atoms with E-state index in [1.807, 2.05) is 30.3 Å². The van der Waals surface area contributed by atoms with Crippen molar-refractivity contribution < 1.29 is 8.83 Å². The largest absolute Gasteiger partial charge is 0.456 e. The van der Waals surface area contributed by atoms with Gasteiger partial charge in [0.2, 0.25) is 5.95 Å². The second-order valence-corrected chi connectivity index (χ2v) is 16.0. The van der Waals surface area contributed by atoms with Crippen LogP contribution in [0.2, 0.25) is 0 Å². The van der Waals surface area contributed by atoms with Crippen molar-refractivity contribution in [3.63, 3.8) is 0 Å². The summed E-state index contributed by atoms with van der Waals surface area (Å²) in [4.78, 5) is 16.4. The third kappa shape index (κ3) is 4.67. The fourth-order valence-electron chi connectivity index (χ4n) is 9.84. The molecule has 0 aliphatic rings. The third-order valence-corrected chi connectivity index (χ3v) is 12.6. The molecule has 0 N–H and O–H groups in total. The Balaban J connectivity index is 1.14. The van der Waals surface area contributed by atoms with E-state index in [2.05, 4.69) is 167 Å². The summed E-state index contributed by atoms with van der Waals surface area (Å²) in [5.41, 5.74) is 9.93. The maximum atomic E-state index is 6.63. The number of hydrogen-bond donors (Lipinski definition) is 0. The molecule has 288 valence electrons. The lowest BCUT2D eigenvalue weighted by atomic mass is 10.0. The minimum atomic E-state index is 0.510. The van der Waals surface area contributed by atoms with E-state index in [4.69, 9.17) is 23.8 Å². The van der Waals surface area contributed by atoms with Gasteiger partial charge in [0.05, 0.1) is 33.3 Å². The van der Waals surface area contributed by atoms with Crippen LogP contribution in [0.4, 0.5) is 0 Å². The number of aromatic nitrogens is 5. The molecule has 0 saturated carbocycles. The molecule has 5 heterocycles. The molecule has 0 fully saturated rings. The maximum absolute atomic E-state index is 6.63. The van der Waals surface area contributed by atoms with E-state index < -0.39 is 0 Å². The molecular formula is C55H31N5O2. The van der Waals surface area contributed by atoms with Gasteiger partial charge in [0.1, 0.15) is 22.3 Å². The van der Waals surface area contributed by atoms with Gasteiger partial charge in [-0.25, -0.2) is 4.98 Å². The van der Waals surface area contributed by atoms with Gasteiger partial charge in [-0.15, -0.1) is 0 Å². The Morgan fingerprint density at radius 3 is 1.63 bits per heavy atom. The van der Waals surface area contributed by atoms with Gasteiger partial charge in [-0.05, 0) is 77.5 Å². The van der Waals surface area contributed by atoms with Crippen LogP contribution >= 0.6 is 0 Å². The molecule has 7 nitrogen and oxygen atoms in total. The fourth-order valence-corrected chi connectivity index (χ4v) is 9.84. The zero-order valence-corrected chi connectivity index (χ0v) is 33.0. The highest BCUT2D eigenvalue weighted by Gasteiger charge is 2.26. The first-order chi connectivity index (χ1) is 30.7. The normalized spacial score (nSPS) is 12.2. The average molecular weight is 794 g/mol. The van der Waals surface area contributed by atoms with Crippen molar-refractivity contribution in [2.45, 2.75) is 0 Å². The molecule has 5 aromatic heterocycles. The van der Waals surface area contributed by atoms with Crippen LogP contribution in [0.5, 0.6) is 0 Å². The van der Waals surface area contributed by atoms with Crippen molar-refractivity contribution in [3.05, 3.63) is 188 Å². The summed E-state index contributed by atoms with van der Waals surface area (Å²) in [5, 5.41) is 11.0. The molecule has 9 aromatic carbocycles. The molecule has 0 atom stereocenters. The minimum Gasteiger partial charge on any atom is -0.456 e. The summed E-state index contributed by atoms with van der Waals surface area (Å²) >= 11 is 0. The van der Waals surface area contributed by atoms with Gasteiger partial charge in [0.15, 0.2) is 11.6 Å². The molecule has 0 unspecified atom stereocenters. The minimum absolute atomic E-state index is 0.510. The Labute approximate surface area is 352 Å². The molecule has 0 amide bonds. The van der Waals surface area contributed by atoms with Gasteiger partial charge in [0, 0.05) is 48.7 Å². The van der Waals surface area contributed by atoms with Gasteiger partial charge in [-0.1, -0.05) is 121 Å². The van der Waals surface area contributed by atoms with Crippen LogP contribution in [0.15, 0.2) is 197 Å². The average Bonchev–Trinajstić information content (AvgIpc) is 4.08. The zero-order valence-electron chi connectivity index (χ0n) is 33.0. The second kappa shape index (κ2) is 12.5. The van der Waals surface area contributed by atoms with Gasteiger partial charge in [0.25, 0.3) is 0 Å².